The molecule has 2 aromatic carbocycles. The van der Waals surface area contributed by atoms with E-state index in [2.05, 4.69) is 9.62 Å². The fraction of sp³-hybridized carbons (Fsp3) is 0.516. The summed E-state index contributed by atoms with van der Waals surface area (Å²) in [5, 5.41) is 11.7. The quantitative estimate of drug-likeness (QED) is 0.429. The fourth-order valence-electron chi connectivity index (χ4n) is 6.09. The van der Waals surface area contributed by atoms with Crippen molar-refractivity contribution in [2.24, 2.45) is 17.8 Å². The Balaban J connectivity index is 1.52. The average Bonchev–Trinajstić information content (AvgIpc) is 2.92. The summed E-state index contributed by atoms with van der Waals surface area (Å²) in [7, 11) is -3.84. The Morgan fingerprint density at radius 2 is 1.98 bits per heavy atom. The number of fused-ring (bicyclic) bond motifs is 3. The van der Waals surface area contributed by atoms with Gasteiger partial charge < -0.3 is 14.7 Å². The van der Waals surface area contributed by atoms with Gasteiger partial charge in [0.1, 0.15) is 12.4 Å². The summed E-state index contributed by atoms with van der Waals surface area (Å²) < 4.78 is 34.5. The molecule has 1 aliphatic carbocycles. The zero-order valence-electron chi connectivity index (χ0n) is 23.0. The van der Waals surface area contributed by atoms with Gasteiger partial charge in [0.2, 0.25) is 10.0 Å². The van der Waals surface area contributed by atoms with Crippen molar-refractivity contribution in [1.29, 1.82) is 0 Å². The number of nitrogens with one attached hydrogen (secondary N) is 1. The van der Waals surface area contributed by atoms with Gasteiger partial charge >= 0.3 is 0 Å². The van der Waals surface area contributed by atoms with Crippen LogP contribution in [0.25, 0.3) is 0 Å². The van der Waals surface area contributed by atoms with Gasteiger partial charge in [0.25, 0.3) is 5.91 Å². The Kier molecular flexibility index (Phi) is 9.08. The third-order valence-corrected chi connectivity index (χ3v) is 10.3. The van der Waals surface area contributed by atoms with Crippen LogP contribution in [0.2, 0.25) is 5.02 Å². The predicted octanol–water partition coefficient (Wildman–Crippen LogP) is 5.49. The van der Waals surface area contributed by atoms with Crippen LogP contribution < -0.4 is 14.4 Å². The van der Waals surface area contributed by atoms with E-state index in [0.717, 1.165) is 56.4 Å². The van der Waals surface area contributed by atoms with E-state index in [1.54, 1.807) is 18.2 Å². The van der Waals surface area contributed by atoms with Crippen LogP contribution in [0.5, 0.6) is 5.75 Å². The average molecular weight is 587 g/mol. The van der Waals surface area contributed by atoms with Gasteiger partial charge in [0.05, 0.1) is 17.5 Å². The van der Waals surface area contributed by atoms with Gasteiger partial charge in [0.15, 0.2) is 0 Å². The molecule has 0 aromatic heterocycles. The van der Waals surface area contributed by atoms with E-state index in [-0.39, 0.29) is 23.2 Å². The minimum Gasteiger partial charge on any atom is -0.487 e. The second kappa shape index (κ2) is 12.5. The lowest BCUT2D eigenvalue weighted by Gasteiger charge is -2.42. The lowest BCUT2D eigenvalue weighted by molar-refractivity contribution is 0.0461. The fourth-order valence-corrected chi connectivity index (χ4v) is 7.76. The maximum Gasteiger partial charge on any atom is 0.264 e. The van der Waals surface area contributed by atoms with Crippen molar-refractivity contribution in [1.82, 2.24) is 4.72 Å². The number of hydrogen-bond acceptors (Lipinski definition) is 6. The van der Waals surface area contributed by atoms with Gasteiger partial charge in [-0.25, -0.2) is 13.1 Å². The van der Waals surface area contributed by atoms with Crippen molar-refractivity contribution in [2.45, 2.75) is 64.6 Å². The summed E-state index contributed by atoms with van der Waals surface area (Å²) in [6.45, 7) is 3.78. The molecule has 2 aromatic rings. The molecule has 1 unspecified atom stereocenters. The number of aryl methyl sites for hydroxylation is 1. The number of ether oxygens (including phenoxy) is 1. The summed E-state index contributed by atoms with van der Waals surface area (Å²) in [6.07, 6.45) is 9.14. The van der Waals surface area contributed by atoms with Crippen molar-refractivity contribution in [2.75, 3.05) is 23.7 Å². The Morgan fingerprint density at radius 3 is 2.75 bits per heavy atom. The van der Waals surface area contributed by atoms with Gasteiger partial charge in [-0.2, -0.15) is 0 Å². The summed E-state index contributed by atoms with van der Waals surface area (Å²) in [4.78, 5) is 15.5. The maximum absolute atomic E-state index is 13.2. The topological polar surface area (TPSA) is 95.9 Å². The van der Waals surface area contributed by atoms with Crippen LogP contribution in [0, 0.1) is 17.8 Å². The molecule has 40 heavy (non-hydrogen) atoms. The van der Waals surface area contributed by atoms with E-state index in [1.807, 2.05) is 37.3 Å². The largest absolute Gasteiger partial charge is 0.487 e. The monoisotopic (exact) mass is 586 g/mol. The number of rotatable bonds is 1. The van der Waals surface area contributed by atoms with E-state index in [0.29, 0.717) is 36.1 Å². The first-order valence-corrected chi connectivity index (χ1v) is 16.4. The summed E-state index contributed by atoms with van der Waals surface area (Å²) in [5.74, 6) is 0.172. The van der Waals surface area contributed by atoms with Gasteiger partial charge in [-0.15, -0.1) is 0 Å². The van der Waals surface area contributed by atoms with Gasteiger partial charge in [-0.05, 0) is 97.7 Å². The Bertz CT molecular complexity index is 1360. The Morgan fingerprint density at radius 1 is 1.12 bits per heavy atom. The molecule has 216 valence electrons. The first-order valence-electron chi connectivity index (χ1n) is 14.4. The van der Waals surface area contributed by atoms with Crippen molar-refractivity contribution in [3.63, 3.8) is 0 Å². The molecule has 1 fully saturated rings. The number of hydrogen-bond donors (Lipinski definition) is 2. The number of halogens is 1. The van der Waals surface area contributed by atoms with Gasteiger partial charge in [-0.1, -0.05) is 43.2 Å². The van der Waals surface area contributed by atoms with E-state index in [4.69, 9.17) is 16.3 Å². The first kappa shape index (κ1) is 29.0. The van der Waals surface area contributed by atoms with Crippen LogP contribution in [0.3, 0.4) is 0 Å². The molecule has 0 radical (unpaired) electrons. The van der Waals surface area contributed by atoms with Crippen molar-refractivity contribution >= 4 is 33.2 Å². The summed E-state index contributed by atoms with van der Waals surface area (Å²) >= 11 is 6.29. The molecule has 0 saturated heterocycles. The smallest absolute Gasteiger partial charge is 0.264 e. The van der Waals surface area contributed by atoms with Gasteiger partial charge in [-0.3, -0.25) is 4.79 Å². The third kappa shape index (κ3) is 6.84. The molecule has 9 heteroatoms. The summed E-state index contributed by atoms with van der Waals surface area (Å²) in [6, 6.07) is 11.0. The molecular weight excluding hydrogens is 548 g/mol. The Labute approximate surface area is 242 Å². The molecule has 7 nitrogen and oxygen atoms in total. The molecule has 1 saturated carbocycles. The van der Waals surface area contributed by atoms with E-state index >= 15 is 0 Å². The molecule has 0 spiro atoms. The van der Waals surface area contributed by atoms with Crippen LogP contribution in [0.1, 0.15) is 66.9 Å². The molecule has 1 amide bonds. The highest BCUT2D eigenvalue weighted by Crippen LogP contribution is 2.41. The minimum atomic E-state index is -3.84. The van der Waals surface area contributed by atoms with Crippen molar-refractivity contribution < 1.29 is 23.1 Å². The number of nitrogens with zero attached hydrogens (tertiary/aromatic N) is 1. The molecule has 2 N–H and O–H groups in total. The normalized spacial score (nSPS) is 28.0. The number of benzene rings is 2. The van der Waals surface area contributed by atoms with Crippen molar-refractivity contribution in [3.8, 4) is 5.75 Å². The molecule has 5 rings (SSSR count). The molecule has 2 bridgehead atoms. The predicted molar refractivity (Wildman–Crippen MR) is 158 cm³/mol. The van der Waals surface area contributed by atoms with E-state index in [9.17, 15) is 18.3 Å². The highest BCUT2D eigenvalue weighted by molar-refractivity contribution is 7.90. The number of allylic oxidation sites excluding steroid dienone is 1. The number of aliphatic hydroxyl groups is 1. The Hall–Kier alpha value is -2.55. The maximum atomic E-state index is 13.2. The second-order valence-electron chi connectivity index (χ2n) is 11.4. The van der Waals surface area contributed by atoms with Crippen LogP contribution in [0.4, 0.5) is 5.69 Å². The lowest BCUT2D eigenvalue weighted by atomic mass is 9.70. The minimum absolute atomic E-state index is 0.145. The zero-order valence-corrected chi connectivity index (χ0v) is 24.6. The molecule has 4 atom stereocenters. The highest BCUT2D eigenvalue weighted by Gasteiger charge is 2.37. The number of carbonyl (C=O) groups is 1. The highest BCUT2D eigenvalue weighted by atomic mass is 35.5. The van der Waals surface area contributed by atoms with Gasteiger partial charge in [0, 0.05) is 23.7 Å². The number of aliphatic hydroxyl groups excluding tert-OH is 1. The standard InChI is InChI=1S/C31H39ClN2O5S/c1-2-21-6-5-8-29(35)27-13-10-24(27)18-34-15-4-3-7-22-16-26(32)12-9-25(22)19-39-30-14-11-23(17-28(30)34)31(36)33-40(37,38)20-21/h5,8-9,11-12,14,16-17,21,24,27,29,35H,2-4,6-7,10,13,15,18-20H2,1H3,(H,33,36)/b8-5+/t21-,24-,27+,29?/m0/s1. The first-order chi connectivity index (χ1) is 19.2. The van der Waals surface area contributed by atoms with Crippen LogP contribution in [-0.4, -0.2) is 44.4 Å². The zero-order chi connectivity index (χ0) is 28.3. The number of sulfonamides is 1. The number of anilines is 1. The van der Waals surface area contributed by atoms with Crippen molar-refractivity contribution in [3.05, 3.63) is 70.3 Å². The third-order valence-electron chi connectivity index (χ3n) is 8.69. The molecule has 3 aliphatic rings. The van der Waals surface area contributed by atoms with Crippen LogP contribution >= 0.6 is 11.6 Å². The second-order valence-corrected chi connectivity index (χ2v) is 13.6. The summed E-state index contributed by atoms with van der Waals surface area (Å²) in [5.41, 5.74) is 3.30. The molecule has 2 aliphatic heterocycles. The van der Waals surface area contributed by atoms with E-state index in [1.165, 1.54) is 5.56 Å². The van der Waals surface area contributed by atoms with Crippen LogP contribution in [-0.2, 0) is 23.1 Å². The number of amides is 1. The molecular formula is C31H39ClN2O5S. The van der Waals surface area contributed by atoms with E-state index < -0.39 is 22.0 Å². The van der Waals surface area contributed by atoms with Crippen LogP contribution in [0.15, 0.2) is 48.6 Å². The lowest BCUT2D eigenvalue weighted by Crippen LogP contribution is -2.43. The number of carbonyl (C=O) groups excluding carboxylic acids is 1. The SMILES string of the molecule is CC[C@H]1C/C=C/C(O)[C@@H]2CC[C@H]2CN2CCCCc3cc(Cl)ccc3COc3ccc(cc32)C(=O)NS(=O)(=O)C1. The molecule has 2 heterocycles.